The van der Waals surface area contributed by atoms with Crippen LogP contribution in [-0.4, -0.2) is 11.9 Å². The molecule has 1 aromatic heterocycles. The smallest absolute Gasteiger partial charge is 0.363 e. The molecule has 0 saturated heterocycles. The molecular weight excluding hydrogens is 350 g/mol. The minimum atomic E-state index is -0.493. The van der Waals surface area contributed by atoms with Crippen LogP contribution in [-0.2, 0) is 9.53 Å². The topological polar surface area (TPSA) is 51.8 Å². The van der Waals surface area contributed by atoms with Gasteiger partial charge in [0.15, 0.2) is 5.70 Å². The fraction of sp³-hybridized carbons (Fsp3) is 0.0476. The number of benzene rings is 2. The Balaban J connectivity index is 1.63. The van der Waals surface area contributed by atoms with E-state index in [4.69, 9.17) is 20.8 Å². The number of cyclic esters (lactones) is 1. The van der Waals surface area contributed by atoms with Gasteiger partial charge in [-0.15, -0.1) is 0 Å². The Morgan fingerprint density at radius 3 is 2.54 bits per heavy atom. The second kappa shape index (κ2) is 6.65. The predicted molar refractivity (Wildman–Crippen MR) is 101 cm³/mol. The summed E-state index contributed by atoms with van der Waals surface area (Å²) < 4.78 is 11.1. The summed E-state index contributed by atoms with van der Waals surface area (Å²) in [7, 11) is 0. The van der Waals surface area contributed by atoms with Gasteiger partial charge in [0.25, 0.3) is 0 Å². The highest BCUT2D eigenvalue weighted by molar-refractivity contribution is 6.30. The molecular formula is C21H14ClNO3. The average molecular weight is 364 g/mol. The highest BCUT2D eigenvalue weighted by Gasteiger charge is 2.25. The van der Waals surface area contributed by atoms with Crippen LogP contribution in [0, 0.1) is 6.92 Å². The van der Waals surface area contributed by atoms with Crippen molar-refractivity contribution in [3.63, 3.8) is 0 Å². The number of nitrogens with zero attached hydrogens (tertiary/aromatic N) is 1. The van der Waals surface area contributed by atoms with Gasteiger partial charge in [0.1, 0.15) is 11.5 Å². The van der Waals surface area contributed by atoms with Gasteiger partial charge in [-0.05, 0) is 55.0 Å². The second-order valence-corrected chi connectivity index (χ2v) is 6.30. The van der Waals surface area contributed by atoms with Gasteiger partial charge < -0.3 is 9.15 Å². The summed E-state index contributed by atoms with van der Waals surface area (Å²) in [6, 6.07) is 18.6. The van der Waals surface area contributed by atoms with Crippen molar-refractivity contribution in [3.8, 4) is 11.3 Å². The van der Waals surface area contributed by atoms with E-state index in [0.29, 0.717) is 22.4 Å². The highest BCUT2D eigenvalue weighted by Crippen LogP contribution is 2.26. The summed E-state index contributed by atoms with van der Waals surface area (Å²) in [6.07, 6.45) is 1.58. The van der Waals surface area contributed by atoms with E-state index in [-0.39, 0.29) is 5.70 Å². The Hall–Kier alpha value is -3.11. The standard InChI is InChI=1S/C21H14ClNO3/c1-13-4-2-3-5-17(13)20-23-18(21(24)26-20)12-16-10-11-19(25-16)14-6-8-15(22)9-7-14/h2-12H,1H3/b18-12-. The number of carbonyl (C=O) groups is 1. The fourth-order valence-corrected chi connectivity index (χ4v) is 2.80. The van der Waals surface area contributed by atoms with Crippen molar-refractivity contribution in [1.82, 2.24) is 0 Å². The number of hydrogen-bond donors (Lipinski definition) is 0. The maximum atomic E-state index is 12.1. The molecule has 4 nitrogen and oxygen atoms in total. The molecule has 1 aliphatic heterocycles. The van der Waals surface area contributed by atoms with Crippen molar-refractivity contribution in [1.29, 1.82) is 0 Å². The summed E-state index contributed by atoms with van der Waals surface area (Å²) in [5, 5.41) is 0.662. The quantitative estimate of drug-likeness (QED) is 0.471. The van der Waals surface area contributed by atoms with Crippen molar-refractivity contribution >= 4 is 29.5 Å². The monoisotopic (exact) mass is 363 g/mol. The molecule has 0 amide bonds. The van der Waals surface area contributed by atoms with E-state index < -0.39 is 5.97 Å². The van der Waals surface area contributed by atoms with E-state index in [2.05, 4.69) is 4.99 Å². The number of rotatable bonds is 3. The SMILES string of the molecule is Cc1ccccc1C1=N/C(=C\c2ccc(-c3ccc(Cl)cc3)o2)C(=O)O1. The molecule has 3 aromatic rings. The molecule has 0 bridgehead atoms. The van der Waals surface area contributed by atoms with Crippen molar-refractivity contribution in [2.45, 2.75) is 6.92 Å². The van der Waals surface area contributed by atoms with E-state index in [1.807, 2.05) is 49.4 Å². The number of halogens is 1. The van der Waals surface area contributed by atoms with Crippen LogP contribution in [0.1, 0.15) is 16.9 Å². The van der Waals surface area contributed by atoms with Crippen LogP contribution in [0.4, 0.5) is 0 Å². The lowest BCUT2D eigenvalue weighted by atomic mass is 10.1. The second-order valence-electron chi connectivity index (χ2n) is 5.86. The van der Waals surface area contributed by atoms with E-state index in [1.165, 1.54) is 0 Å². The largest absolute Gasteiger partial charge is 0.457 e. The lowest BCUT2D eigenvalue weighted by Crippen LogP contribution is -2.06. The van der Waals surface area contributed by atoms with Gasteiger partial charge in [-0.2, -0.15) is 0 Å². The minimum absolute atomic E-state index is 0.209. The van der Waals surface area contributed by atoms with Gasteiger partial charge in [-0.1, -0.05) is 29.8 Å². The lowest BCUT2D eigenvalue weighted by molar-refractivity contribution is -0.129. The van der Waals surface area contributed by atoms with Gasteiger partial charge in [0.2, 0.25) is 5.90 Å². The third kappa shape index (κ3) is 3.19. The van der Waals surface area contributed by atoms with E-state index in [9.17, 15) is 4.79 Å². The highest BCUT2D eigenvalue weighted by atomic mass is 35.5. The third-order valence-corrected chi connectivity index (χ3v) is 4.28. The first kappa shape index (κ1) is 16.4. The van der Waals surface area contributed by atoms with Gasteiger partial charge in [0, 0.05) is 22.2 Å². The minimum Gasteiger partial charge on any atom is -0.457 e. The number of esters is 1. The van der Waals surface area contributed by atoms with Crippen LogP contribution < -0.4 is 0 Å². The van der Waals surface area contributed by atoms with Crippen LogP contribution in [0.25, 0.3) is 17.4 Å². The first-order chi connectivity index (χ1) is 12.6. The summed E-state index contributed by atoms with van der Waals surface area (Å²) in [5.74, 6) is 1.02. The predicted octanol–water partition coefficient (Wildman–Crippen LogP) is 5.25. The summed E-state index contributed by atoms with van der Waals surface area (Å²) >= 11 is 5.90. The van der Waals surface area contributed by atoms with Crippen LogP contribution in [0.2, 0.25) is 5.02 Å². The molecule has 0 N–H and O–H groups in total. The Bertz CT molecular complexity index is 1050. The van der Waals surface area contributed by atoms with Gasteiger partial charge in [-0.25, -0.2) is 9.79 Å². The third-order valence-electron chi connectivity index (χ3n) is 4.03. The Labute approximate surface area is 155 Å². The average Bonchev–Trinajstić information content (AvgIpc) is 3.24. The zero-order valence-electron chi connectivity index (χ0n) is 13.9. The molecule has 0 atom stereocenters. The Morgan fingerprint density at radius 1 is 1.00 bits per heavy atom. The van der Waals surface area contributed by atoms with Crippen LogP contribution >= 0.6 is 11.6 Å². The molecule has 0 fully saturated rings. The number of carbonyl (C=O) groups excluding carboxylic acids is 1. The Morgan fingerprint density at radius 2 is 1.77 bits per heavy atom. The van der Waals surface area contributed by atoms with E-state index >= 15 is 0 Å². The number of hydrogen-bond acceptors (Lipinski definition) is 4. The molecule has 2 heterocycles. The number of aryl methyl sites for hydroxylation is 1. The van der Waals surface area contributed by atoms with Crippen LogP contribution in [0.3, 0.4) is 0 Å². The molecule has 0 radical (unpaired) electrons. The first-order valence-electron chi connectivity index (χ1n) is 8.04. The van der Waals surface area contributed by atoms with Crippen LogP contribution in [0.5, 0.6) is 0 Å². The van der Waals surface area contributed by atoms with Crippen molar-refractivity contribution in [3.05, 3.63) is 88.3 Å². The molecule has 1 aliphatic rings. The Kier molecular flexibility index (Phi) is 4.19. The maximum Gasteiger partial charge on any atom is 0.363 e. The maximum absolute atomic E-state index is 12.1. The zero-order chi connectivity index (χ0) is 18.1. The molecule has 26 heavy (non-hydrogen) atoms. The van der Waals surface area contributed by atoms with Crippen molar-refractivity contribution < 1.29 is 13.9 Å². The summed E-state index contributed by atoms with van der Waals surface area (Å²) in [6.45, 7) is 1.94. The molecule has 0 spiro atoms. The molecule has 0 unspecified atom stereocenters. The lowest BCUT2D eigenvalue weighted by Gasteiger charge is -2.02. The van der Waals surface area contributed by atoms with Gasteiger partial charge in [-0.3, -0.25) is 0 Å². The van der Waals surface area contributed by atoms with Gasteiger partial charge >= 0.3 is 5.97 Å². The van der Waals surface area contributed by atoms with Crippen molar-refractivity contribution in [2.75, 3.05) is 0 Å². The number of ether oxygens (including phenoxy) is 1. The molecule has 0 aliphatic carbocycles. The molecule has 4 rings (SSSR count). The summed E-state index contributed by atoms with van der Waals surface area (Å²) in [5.41, 5.74) is 2.89. The van der Waals surface area contributed by atoms with Crippen molar-refractivity contribution in [2.24, 2.45) is 4.99 Å². The van der Waals surface area contributed by atoms with E-state index in [1.54, 1.807) is 24.3 Å². The van der Waals surface area contributed by atoms with E-state index in [0.717, 1.165) is 16.7 Å². The number of furan rings is 1. The molecule has 5 heteroatoms. The zero-order valence-corrected chi connectivity index (χ0v) is 14.7. The first-order valence-corrected chi connectivity index (χ1v) is 8.42. The van der Waals surface area contributed by atoms with Crippen LogP contribution in [0.15, 0.2) is 75.8 Å². The number of aliphatic imine (C=N–C) groups is 1. The molecule has 128 valence electrons. The summed E-state index contributed by atoms with van der Waals surface area (Å²) in [4.78, 5) is 16.4. The normalized spacial score (nSPS) is 15.2. The fourth-order valence-electron chi connectivity index (χ4n) is 2.67. The molecule has 0 saturated carbocycles. The molecule has 2 aromatic carbocycles. The van der Waals surface area contributed by atoms with Gasteiger partial charge in [0.05, 0.1) is 0 Å².